The number of hydrogen-bond donors (Lipinski definition) is 2. The van der Waals surface area contributed by atoms with Crippen molar-refractivity contribution >= 4 is 5.91 Å². The van der Waals surface area contributed by atoms with E-state index in [1.54, 1.807) is 11.8 Å². The topological polar surface area (TPSA) is 111 Å². The molecule has 2 aromatic carbocycles. The Hall–Kier alpha value is -3.03. The Labute approximate surface area is 228 Å². The number of nitrogens with two attached hydrogens (primary N) is 2. The monoisotopic (exact) mass is 519 g/mol. The van der Waals surface area contributed by atoms with Crippen LogP contribution in [0.3, 0.4) is 0 Å². The van der Waals surface area contributed by atoms with Gasteiger partial charge in [0.1, 0.15) is 6.04 Å². The first-order valence-electron chi connectivity index (χ1n) is 13.9. The van der Waals surface area contributed by atoms with Crippen LogP contribution in [0.15, 0.2) is 65.1 Å². The molecule has 4 rings (SSSR count). The lowest BCUT2D eigenvalue weighted by Crippen LogP contribution is -2.37. The van der Waals surface area contributed by atoms with Crippen molar-refractivity contribution in [1.29, 1.82) is 0 Å². The first kappa shape index (κ1) is 29.5. The Morgan fingerprint density at radius 2 is 1.66 bits per heavy atom. The highest BCUT2D eigenvalue weighted by molar-refractivity contribution is 5.73. The molecule has 7 nitrogen and oxygen atoms in total. The summed E-state index contributed by atoms with van der Waals surface area (Å²) in [5.41, 5.74) is 14.0. The van der Waals surface area contributed by atoms with E-state index in [4.69, 9.17) is 15.9 Å². The quantitative estimate of drug-likeness (QED) is 0.324. The molecule has 7 heteroatoms. The van der Waals surface area contributed by atoms with Crippen LogP contribution in [0.2, 0.25) is 0 Å². The number of aromatic nitrogens is 2. The highest BCUT2D eigenvalue weighted by atomic mass is 16.4. The van der Waals surface area contributed by atoms with Gasteiger partial charge < -0.3 is 20.8 Å². The molecule has 0 radical (unpaired) electrons. The minimum absolute atomic E-state index is 0.0157. The second-order valence-electron chi connectivity index (χ2n) is 10.9. The summed E-state index contributed by atoms with van der Waals surface area (Å²) in [7, 11) is 0. The van der Waals surface area contributed by atoms with E-state index in [9.17, 15) is 4.79 Å². The summed E-state index contributed by atoms with van der Waals surface area (Å²) in [5, 5.41) is 8.64. The standard InChI is InChI=1S/C26H35N5O2.C5H10/c1-19(27)16-17-31(20(2)32)23(15-14-21-10-6-4-7-11-21)24-29-30-25(33-24)26(3,28)18-22-12-8-5-9-13-22;1-2-5-3-4-5/h4-13,19,23H,14-18,27-28H2,1-3H3;5H,2-4H2,1H3/t19?,23-,26+;/m0./s1. The van der Waals surface area contributed by atoms with Crippen LogP contribution >= 0.6 is 0 Å². The van der Waals surface area contributed by atoms with Crippen LogP contribution in [0.4, 0.5) is 0 Å². The molecule has 38 heavy (non-hydrogen) atoms. The van der Waals surface area contributed by atoms with E-state index in [-0.39, 0.29) is 18.0 Å². The Morgan fingerprint density at radius 3 is 2.16 bits per heavy atom. The molecule has 3 atom stereocenters. The molecule has 1 heterocycles. The Balaban J connectivity index is 0.000000715. The van der Waals surface area contributed by atoms with Crippen LogP contribution in [0.1, 0.15) is 88.7 Å². The molecule has 0 aliphatic heterocycles. The molecule has 0 spiro atoms. The number of nitrogens with zero attached hydrogens (tertiary/aromatic N) is 3. The van der Waals surface area contributed by atoms with Gasteiger partial charge in [-0.1, -0.05) is 86.8 Å². The van der Waals surface area contributed by atoms with Crippen LogP contribution < -0.4 is 11.5 Å². The van der Waals surface area contributed by atoms with E-state index in [2.05, 4.69) is 29.3 Å². The smallest absolute Gasteiger partial charge is 0.239 e. The maximum absolute atomic E-state index is 12.6. The fourth-order valence-corrected chi connectivity index (χ4v) is 4.46. The fourth-order valence-electron chi connectivity index (χ4n) is 4.46. The van der Waals surface area contributed by atoms with Crippen LogP contribution in [0.25, 0.3) is 0 Å². The summed E-state index contributed by atoms with van der Waals surface area (Å²) in [5.74, 6) is 1.86. The predicted octanol–water partition coefficient (Wildman–Crippen LogP) is 5.55. The molecule has 3 aromatic rings. The van der Waals surface area contributed by atoms with E-state index in [0.29, 0.717) is 37.6 Å². The molecule has 0 saturated heterocycles. The predicted molar refractivity (Wildman–Crippen MR) is 152 cm³/mol. The summed E-state index contributed by atoms with van der Waals surface area (Å²) >= 11 is 0. The number of carbonyl (C=O) groups excluding carboxylic acids is 1. The number of benzene rings is 2. The van der Waals surface area contributed by atoms with Crippen LogP contribution in [-0.4, -0.2) is 33.6 Å². The lowest BCUT2D eigenvalue weighted by Gasteiger charge is -2.29. The van der Waals surface area contributed by atoms with Crippen molar-refractivity contribution < 1.29 is 9.21 Å². The normalized spacial score (nSPS) is 16.1. The molecule has 1 aliphatic rings. The van der Waals surface area contributed by atoms with Gasteiger partial charge in [-0.2, -0.15) is 0 Å². The number of amides is 1. The van der Waals surface area contributed by atoms with E-state index in [1.165, 1.54) is 24.8 Å². The third-order valence-electron chi connectivity index (χ3n) is 7.06. The maximum atomic E-state index is 12.6. The van der Waals surface area contributed by atoms with Crippen LogP contribution in [0, 0.1) is 5.92 Å². The van der Waals surface area contributed by atoms with Crippen molar-refractivity contribution in [2.45, 2.75) is 90.3 Å². The molecular formula is C31H45N5O2. The highest BCUT2D eigenvalue weighted by Gasteiger charge is 2.33. The number of aryl methyl sites for hydroxylation is 1. The zero-order valence-electron chi connectivity index (χ0n) is 23.5. The molecule has 1 unspecified atom stereocenters. The van der Waals surface area contributed by atoms with Crippen molar-refractivity contribution in [2.75, 3.05) is 6.54 Å². The molecule has 1 amide bonds. The van der Waals surface area contributed by atoms with Gasteiger partial charge in [0.15, 0.2) is 0 Å². The number of carbonyl (C=O) groups is 1. The van der Waals surface area contributed by atoms with E-state index < -0.39 is 5.54 Å². The first-order valence-corrected chi connectivity index (χ1v) is 13.9. The zero-order chi connectivity index (χ0) is 27.5. The zero-order valence-corrected chi connectivity index (χ0v) is 23.5. The van der Waals surface area contributed by atoms with Gasteiger partial charge in [-0.25, -0.2) is 0 Å². The minimum Gasteiger partial charge on any atom is -0.421 e. The molecule has 0 bridgehead atoms. The van der Waals surface area contributed by atoms with Crippen LogP contribution in [-0.2, 0) is 23.2 Å². The highest BCUT2D eigenvalue weighted by Crippen LogP contribution is 2.31. The Bertz CT molecular complexity index is 1090. The fraction of sp³-hybridized carbons (Fsp3) is 0.516. The summed E-state index contributed by atoms with van der Waals surface area (Å²) in [4.78, 5) is 14.4. The Morgan fingerprint density at radius 1 is 1.05 bits per heavy atom. The number of hydrogen-bond acceptors (Lipinski definition) is 6. The van der Waals surface area contributed by atoms with E-state index in [0.717, 1.165) is 17.9 Å². The molecule has 1 aliphatic carbocycles. The molecule has 1 saturated carbocycles. The van der Waals surface area contributed by atoms with Gasteiger partial charge in [0.25, 0.3) is 0 Å². The third-order valence-corrected chi connectivity index (χ3v) is 7.06. The van der Waals surface area contributed by atoms with Gasteiger partial charge in [0.05, 0.1) is 5.54 Å². The first-order chi connectivity index (χ1) is 18.2. The lowest BCUT2D eigenvalue weighted by molar-refractivity contribution is -0.132. The molecular weight excluding hydrogens is 474 g/mol. The van der Waals surface area contributed by atoms with Gasteiger partial charge in [0.2, 0.25) is 17.7 Å². The second-order valence-corrected chi connectivity index (χ2v) is 10.9. The van der Waals surface area contributed by atoms with Crippen molar-refractivity contribution in [1.82, 2.24) is 15.1 Å². The summed E-state index contributed by atoms with van der Waals surface area (Å²) < 4.78 is 6.14. The second kappa shape index (κ2) is 14.2. The van der Waals surface area contributed by atoms with Gasteiger partial charge in [-0.15, -0.1) is 10.2 Å². The molecule has 1 fully saturated rings. The lowest BCUT2D eigenvalue weighted by atomic mass is 9.94. The van der Waals surface area contributed by atoms with Gasteiger partial charge in [-0.05, 0) is 56.6 Å². The van der Waals surface area contributed by atoms with Gasteiger partial charge in [0, 0.05) is 19.5 Å². The van der Waals surface area contributed by atoms with E-state index in [1.807, 2.05) is 62.4 Å². The summed E-state index contributed by atoms with van der Waals surface area (Å²) in [6.45, 7) is 8.17. The molecule has 206 valence electrons. The SMILES string of the molecule is CC(=O)N(CCC(C)N)[C@@H](CCc1ccccc1)c1nnc([C@](C)(N)Cc2ccccc2)o1.CCC1CC1. The maximum Gasteiger partial charge on any atom is 0.239 e. The molecule has 1 aromatic heterocycles. The largest absolute Gasteiger partial charge is 0.421 e. The van der Waals surface area contributed by atoms with Gasteiger partial charge >= 0.3 is 0 Å². The molecule has 4 N–H and O–H groups in total. The summed E-state index contributed by atoms with van der Waals surface area (Å²) in [6.07, 6.45) is 7.11. The summed E-state index contributed by atoms with van der Waals surface area (Å²) in [6, 6.07) is 19.8. The van der Waals surface area contributed by atoms with E-state index >= 15 is 0 Å². The number of rotatable bonds is 12. The Kier molecular flexibility index (Phi) is 11.0. The van der Waals surface area contributed by atoms with Crippen molar-refractivity contribution in [2.24, 2.45) is 17.4 Å². The average molecular weight is 520 g/mol. The van der Waals surface area contributed by atoms with Crippen LogP contribution in [0.5, 0.6) is 0 Å². The van der Waals surface area contributed by atoms with Gasteiger partial charge in [-0.3, -0.25) is 4.79 Å². The van der Waals surface area contributed by atoms with Crippen molar-refractivity contribution in [3.05, 3.63) is 83.6 Å². The third kappa shape index (κ3) is 9.37. The minimum atomic E-state index is -0.830. The average Bonchev–Trinajstić information content (AvgIpc) is 3.61. The van der Waals surface area contributed by atoms with Crippen molar-refractivity contribution in [3.63, 3.8) is 0 Å². The van der Waals surface area contributed by atoms with Crippen molar-refractivity contribution in [3.8, 4) is 0 Å².